The Morgan fingerprint density at radius 3 is 2.70 bits per heavy atom. The second-order valence-corrected chi connectivity index (χ2v) is 7.27. The van der Waals surface area contributed by atoms with Gasteiger partial charge in [-0.3, -0.25) is 9.59 Å². The molecule has 2 amide bonds. The summed E-state index contributed by atoms with van der Waals surface area (Å²) in [5.41, 5.74) is 1.23. The average molecular weight is 368 g/mol. The molecule has 1 aromatic carbocycles. The maximum atomic E-state index is 12.8. The molecule has 2 aliphatic rings. The van der Waals surface area contributed by atoms with Gasteiger partial charge in [-0.1, -0.05) is 6.07 Å². The molecule has 1 N–H and O–H groups in total. The van der Waals surface area contributed by atoms with Crippen LogP contribution in [0.15, 0.2) is 30.5 Å². The number of phenols is 1. The lowest BCUT2D eigenvalue weighted by Gasteiger charge is -2.33. The van der Waals surface area contributed by atoms with E-state index in [1.165, 1.54) is 6.07 Å². The SMILES string of the molecule is C[C@H]1c2nc(CC(=O)N3CCCC3)cn2CCN1C(=O)c1cccc(O)c1. The third-order valence-electron chi connectivity index (χ3n) is 5.43. The van der Waals surface area contributed by atoms with Crippen LogP contribution < -0.4 is 0 Å². The number of phenolic OH excluding ortho intramolecular Hbond substituents is 1. The molecule has 7 nitrogen and oxygen atoms in total. The molecule has 0 aliphatic carbocycles. The zero-order valence-electron chi connectivity index (χ0n) is 15.5. The number of hydrogen-bond acceptors (Lipinski definition) is 4. The lowest BCUT2D eigenvalue weighted by Crippen LogP contribution is -2.41. The minimum Gasteiger partial charge on any atom is -0.508 e. The number of aromatic nitrogens is 2. The zero-order valence-corrected chi connectivity index (χ0v) is 15.5. The molecule has 0 unspecified atom stereocenters. The number of benzene rings is 1. The summed E-state index contributed by atoms with van der Waals surface area (Å²) >= 11 is 0. The molecule has 1 atom stereocenters. The minimum atomic E-state index is -0.191. The molecule has 0 spiro atoms. The Hall–Kier alpha value is -2.83. The van der Waals surface area contributed by atoms with E-state index >= 15 is 0 Å². The van der Waals surface area contributed by atoms with Gasteiger partial charge in [0.05, 0.1) is 18.2 Å². The van der Waals surface area contributed by atoms with Gasteiger partial charge in [0.25, 0.3) is 5.91 Å². The molecule has 142 valence electrons. The van der Waals surface area contributed by atoms with Gasteiger partial charge in [-0.05, 0) is 38.0 Å². The van der Waals surface area contributed by atoms with Crippen molar-refractivity contribution in [1.29, 1.82) is 0 Å². The smallest absolute Gasteiger partial charge is 0.254 e. The van der Waals surface area contributed by atoms with Gasteiger partial charge >= 0.3 is 0 Å². The van der Waals surface area contributed by atoms with Crippen molar-refractivity contribution < 1.29 is 14.7 Å². The summed E-state index contributed by atoms with van der Waals surface area (Å²) in [5, 5.41) is 9.64. The first-order chi connectivity index (χ1) is 13.0. The normalized spacial score (nSPS) is 19.2. The van der Waals surface area contributed by atoms with Crippen LogP contribution in [0, 0.1) is 0 Å². The van der Waals surface area contributed by atoms with Crippen molar-refractivity contribution in [1.82, 2.24) is 19.4 Å². The molecule has 1 aromatic heterocycles. The molecule has 1 fully saturated rings. The highest BCUT2D eigenvalue weighted by molar-refractivity contribution is 5.94. The maximum Gasteiger partial charge on any atom is 0.254 e. The molecule has 2 aliphatic heterocycles. The van der Waals surface area contributed by atoms with Crippen molar-refractivity contribution in [2.75, 3.05) is 19.6 Å². The molecule has 3 heterocycles. The summed E-state index contributed by atoms with van der Waals surface area (Å²) in [6.45, 7) is 4.85. The average Bonchev–Trinajstić information content (AvgIpc) is 3.31. The molecule has 1 saturated heterocycles. The zero-order chi connectivity index (χ0) is 19.0. The fourth-order valence-electron chi connectivity index (χ4n) is 3.95. The van der Waals surface area contributed by atoms with Crippen molar-refractivity contribution in [3.05, 3.63) is 47.5 Å². The highest BCUT2D eigenvalue weighted by Crippen LogP contribution is 2.27. The predicted molar refractivity (Wildman–Crippen MR) is 99.3 cm³/mol. The van der Waals surface area contributed by atoms with Crippen molar-refractivity contribution in [3.63, 3.8) is 0 Å². The Labute approximate surface area is 158 Å². The standard InChI is InChI=1S/C20H24N4O3/c1-14-19-21-16(12-18(26)22-7-2-3-8-22)13-23(19)9-10-24(14)20(27)15-5-4-6-17(25)11-15/h4-6,11,13-14,25H,2-3,7-10,12H2,1H3/t14-/m0/s1. The summed E-state index contributed by atoms with van der Waals surface area (Å²) in [6.07, 6.45) is 4.41. The lowest BCUT2D eigenvalue weighted by atomic mass is 10.1. The van der Waals surface area contributed by atoms with Crippen molar-refractivity contribution >= 4 is 11.8 Å². The largest absolute Gasteiger partial charge is 0.508 e. The van der Waals surface area contributed by atoms with Crippen LogP contribution in [0.1, 0.15) is 47.7 Å². The van der Waals surface area contributed by atoms with Crippen LogP contribution >= 0.6 is 0 Å². The first kappa shape index (κ1) is 17.6. The Balaban J connectivity index is 1.50. The molecule has 0 bridgehead atoms. The van der Waals surface area contributed by atoms with E-state index in [0.717, 1.165) is 37.4 Å². The van der Waals surface area contributed by atoms with Gasteiger partial charge in [-0.25, -0.2) is 4.98 Å². The number of rotatable bonds is 3. The van der Waals surface area contributed by atoms with Crippen molar-refractivity contribution in [2.24, 2.45) is 0 Å². The lowest BCUT2D eigenvalue weighted by molar-refractivity contribution is -0.129. The number of hydrogen-bond donors (Lipinski definition) is 1. The highest BCUT2D eigenvalue weighted by atomic mass is 16.3. The number of carbonyl (C=O) groups excluding carboxylic acids is 2. The third kappa shape index (κ3) is 3.41. The fraction of sp³-hybridized carbons (Fsp3) is 0.450. The van der Waals surface area contributed by atoms with E-state index in [0.29, 0.717) is 25.1 Å². The van der Waals surface area contributed by atoms with Gasteiger partial charge in [0.15, 0.2) is 0 Å². The first-order valence-electron chi connectivity index (χ1n) is 9.46. The van der Waals surface area contributed by atoms with Crippen LogP contribution in [0.5, 0.6) is 5.75 Å². The summed E-state index contributed by atoms with van der Waals surface area (Å²) in [6, 6.07) is 6.21. The van der Waals surface area contributed by atoms with E-state index in [9.17, 15) is 14.7 Å². The number of nitrogens with zero attached hydrogens (tertiary/aromatic N) is 4. The van der Waals surface area contributed by atoms with Crippen molar-refractivity contribution in [2.45, 2.75) is 38.8 Å². The van der Waals surface area contributed by atoms with Gasteiger partial charge in [-0.15, -0.1) is 0 Å². The second kappa shape index (κ2) is 7.06. The van der Waals surface area contributed by atoms with Crippen LogP contribution in [0.25, 0.3) is 0 Å². The predicted octanol–water partition coefficient (Wildman–Crippen LogP) is 1.97. The number of carbonyl (C=O) groups is 2. The van der Waals surface area contributed by atoms with Crippen LogP contribution in [0.2, 0.25) is 0 Å². The van der Waals surface area contributed by atoms with Crippen LogP contribution in [-0.2, 0) is 17.8 Å². The Bertz CT molecular complexity index is 870. The van der Waals surface area contributed by atoms with Gasteiger partial charge < -0.3 is 19.5 Å². The number of aromatic hydroxyl groups is 1. The molecule has 2 aromatic rings. The second-order valence-electron chi connectivity index (χ2n) is 7.27. The number of amides is 2. The monoisotopic (exact) mass is 368 g/mol. The van der Waals surface area contributed by atoms with Gasteiger partial charge in [0.1, 0.15) is 11.6 Å². The molecular weight excluding hydrogens is 344 g/mol. The Kier molecular flexibility index (Phi) is 4.59. The maximum absolute atomic E-state index is 12.8. The van der Waals surface area contributed by atoms with Crippen molar-refractivity contribution in [3.8, 4) is 5.75 Å². The molecule has 0 saturated carbocycles. The van der Waals surface area contributed by atoms with E-state index < -0.39 is 0 Å². The quantitative estimate of drug-likeness (QED) is 0.898. The summed E-state index contributed by atoms with van der Waals surface area (Å²) in [7, 11) is 0. The van der Waals surface area contributed by atoms with E-state index in [4.69, 9.17) is 0 Å². The molecule has 7 heteroatoms. The highest BCUT2D eigenvalue weighted by Gasteiger charge is 2.31. The number of fused-ring (bicyclic) bond motifs is 1. The molecule has 27 heavy (non-hydrogen) atoms. The number of imidazole rings is 1. The van der Waals surface area contributed by atoms with Crippen LogP contribution in [0.4, 0.5) is 0 Å². The topological polar surface area (TPSA) is 78.7 Å². The van der Waals surface area contributed by atoms with E-state index in [-0.39, 0.29) is 23.6 Å². The van der Waals surface area contributed by atoms with Gasteiger partial charge in [0, 0.05) is 37.9 Å². The first-order valence-corrected chi connectivity index (χ1v) is 9.46. The van der Waals surface area contributed by atoms with Gasteiger partial charge in [-0.2, -0.15) is 0 Å². The Morgan fingerprint density at radius 2 is 1.96 bits per heavy atom. The minimum absolute atomic E-state index is 0.0784. The van der Waals surface area contributed by atoms with E-state index in [1.807, 2.05) is 22.6 Å². The van der Waals surface area contributed by atoms with E-state index in [2.05, 4.69) is 4.98 Å². The van der Waals surface area contributed by atoms with E-state index in [1.54, 1.807) is 23.1 Å². The van der Waals surface area contributed by atoms with Crippen LogP contribution in [0.3, 0.4) is 0 Å². The fourth-order valence-corrected chi connectivity index (χ4v) is 3.95. The summed E-state index contributed by atoms with van der Waals surface area (Å²) < 4.78 is 2.05. The molecule has 0 radical (unpaired) electrons. The molecule has 4 rings (SSSR count). The summed E-state index contributed by atoms with van der Waals surface area (Å²) in [4.78, 5) is 33.6. The Morgan fingerprint density at radius 1 is 1.19 bits per heavy atom. The van der Waals surface area contributed by atoms with Gasteiger partial charge in [0.2, 0.25) is 5.91 Å². The third-order valence-corrected chi connectivity index (χ3v) is 5.43. The summed E-state index contributed by atoms with van der Waals surface area (Å²) in [5.74, 6) is 0.888. The molecular formula is C20H24N4O3. The number of likely N-dealkylation sites (tertiary alicyclic amines) is 1. The van der Waals surface area contributed by atoms with Crippen LogP contribution in [-0.4, -0.2) is 55.9 Å².